The smallest absolute Gasteiger partial charge is 0.331 e. The minimum absolute atomic E-state index is 0.108. The number of imidazole rings is 1. The number of carbonyl (C=O) groups is 1. The number of aromatic amines is 1. The Morgan fingerprint density at radius 2 is 1.97 bits per heavy atom. The maximum absolute atomic E-state index is 13.7. The molecular formula is C24H28N4O3. The monoisotopic (exact) mass is 420 g/mol. The van der Waals surface area contributed by atoms with Gasteiger partial charge in [-0.25, -0.2) is 9.78 Å². The van der Waals surface area contributed by atoms with E-state index in [1.54, 1.807) is 9.13 Å². The van der Waals surface area contributed by atoms with Crippen LogP contribution in [0.25, 0.3) is 22.1 Å². The number of rotatable bonds is 7. The predicted octanol–water partition coefficient (Wildman–Crippen LogP) is 4.72. The Bertz CT molecular complexity index is 1330. The second-order valence-corrected chi connectivity index (χ2v) is 8.28. The van der Waals surface area contributed by atoms with E-state index in [0.29, 0.717) is 12.1 Å². The van der Waals surface area contributed by atoms with Crippen molar-refractivity contribution < 1.29 is 9.90 Å². The number of fused-ring (bicyclic) bond motifs is 2. The second-order valence-electron chi connectivity index (χ2n) is 8.28. The zero-order valence-electron chi connectivity index (χ0n) is 18.3. The molecule has 2 N–H and O–H groups in total. The summed E-state index contributed by atoms with van der Waals surface area (Å²) in [5.41, 5.74) is 5.04. The molecule has 0 aliphatic heterocycles. The fraction of sp³-hybridized carbons (Fsp3) is 0.375. The van der Waals surface area contributed by atoms with Crippen molar-refractivity contribution in [1.82, 2.24) is 19.1 Å². The molecule has 1 aromatic carbocycles. The van der Waals surface area contributed by atoms with Crippen LogP contribution in [0.15, 0.2) is 41.3 Å². The summed E-state index contributed by atoms with van der Waals surface area (Å²) in [6.07, 6.45) is 3.23. The molecule has 162 valence electrons. The van der Waals surface area contributed by atoms with Crippen molar-refractivity contribution in [2.45, 2.75) is 59.0 Å². The van der Waals surface area contributed by atoms with Crippen LogP contribution in [0.2, 0.25) is 0 Å². The van der Waals surface area contributed by atoms with Crippen LogP contribution in [0.5, 0.6) is 0 Å². The maximum Gasteiger partial charge on any atom is 0.331 e. The van der Waals surface area contributed by atoms with Crippen LogP contribution in [0, 0.1) is 13.8 Å². The summed E-state index contributed by atoms with van der Waals surface area (Å²) in [7, 11) is 0. The minimum Gasteiger partial charge on any atom is -0.481 e. The Balaban J connectivity index is 1.97. The quantitative estimate of drug-likeness (QED) is 0.452. The molecule has 0 amide bonds. The molecular weight excluding hydrogens is 392 g/mol. The summed E-state index contributed by atoms with van der Waals surface area (Å²) in [5, 5.41) is 10.6. The normalized spacial score (nSPS) is 13.7. The van der Waals surface area contributed by atoms with Gasteiger partial charge in [0.05, 0.1) is 24.0 Å². The molecule has 2 unspecified atom stereocenters. The van der Waals surface area contributed by atoms with E-state index in [0.717, 1.165) is 39.7 Å². The number of nitrogens with one attached hydrogen (secondary N) is 1. The molecule has 31 heavy (non-hydrogen) atoms. The number of pyridine rings is 1. The number of carboxylic acids is 1. The van der Waals surface area contributed by atoms with Gasteiger partial charge in [0, 0.05) is 28.4 Å². The first-order valence-electron chi connectivity index (χ1n) is 10.7. The second kappa shape index (κ2) is 8.06. The Morgan fingerprint density at radius 3 is 2.68 bits per heavy atom. The lowest BCUT2D eigenvalue weighted by Gasteiger charge is -2.16. The predicted molar refractivity (Wildman–Crippen MR) is 122 cm³/mol. The molecule has 0 saturated heterocycles. The fourth-order valence-electron chi connectivity index (χ4n) is 4.64. The van der Waals surface area contributed by atoms with Gasteiger partial charge >= 0.3 is 11.7 Å². The molecule has 2 atom stereocenters. The van der Waals surface area contributed by atoms with Gasteiger partial charge in [-0.05, 0) is 51.0 Å². The van der Waals surface area contributed by atoms with Gasteiger partial charge in [0.15, 0.2) is 5.65 Å². The first kappa shape index (κ1) is 20.9. The number of hydrogen-bond donors (Lipinski definition) is 2. The average molecular weight is 421 g/mol. The number of benzene rings is 1. The van der Waals surface area contributed by atoms with Crippen LogP contribution in [0.4, 0.5) is 0 Å². The lowest BCUT2D eigenvalue weighted by Crippen LogP contribution is -2.30. The number of carboxylic acid groups (broad SMARTS) is 1. The molecule has 0 aliphatic carbocycles. The van der Waals surface area contributed by atoms with Gasteiger partial charge in [0.1, 0.15) is 0 Å². The zero-order valence-corrected chi connectivity index (χ0v) is 18.3. The first-order chi connectivity index (χ1) is 14.8. The third-order valence-electron chi connectivity index (χ3n) is 6.07. The van der Waals surface area contributed by atoms with Gasteiger partial charge in [-0.2, -0.15) is 0 Å². The molecule has 0 radical (unpaired) electrons. The summed E-state index contributed by atoms with van der Waals surface area (Å²) >= 11 is 0. The highest BCUT2D eigenvalue weighted by molar-refractivity contribution is 5.87. The Hall–Kier alpha value is -3.35. The van der Waals surface area contributed by atoms with Gasteiger partial charge in [-0.3, -0.25) is 13.9 Å². The van der Waals surface area contributed by atoms with E-state index < -0.39 is 12.0 Å². The van der Waals surface area contributed by atoms with Crippen LogP contribution >= 0.6 is 0 Å². The molecule has 4 rings (SSSR count). The summed E-state index contributed by atoms with van der Waals surface area (Å²) in [6.45, 7) is 7.94. The zero-order chi connectivity index (χ0) is 22.3. The van der Waals surface area contributed by atoms with E-state index in [9.17, 15) is 14.7 Å². The van der Waals surface area contributed by atoms with Crippen molar-refractivity contribution in [3.63, 3.8) is 0 Å². The number of H-pyrrole nitrogens is 1. The number of aryl methyl sites for hydroxylation is 2. The van der Waals surface area contributed by atoms with E-state index in [4.69, 9.17) is 0 Å². The largest absolute Gasteiger partial charge is 0.481 e. The molecule has 4 aromatic rings. The van der Waals surface area contributed by atoms with E-state index >= 15 is 0 Å². The van der Waals surface area contributed by atoms with Gasteiger partial charge in [0.25, 0.3) is 0 Å². The van der Waals surface area contributed by atoms with E-state index in [-0.39, 0.29) is 18.2 Å². The third-order valence-corrected chi connectivity index (χ3v) is 6.07. The Morgan fingerprint density at radius 1 is 1.19 bits per heavy atom. The SMILES string of the molecule is CCCC(CC(=O)O)n1c(=O)n(C(C)c2c[nH]c3cccc(C)c23)c2ccc(C)nc21. The molecule has 0 fully saturated rings. The number of aromatic nitrogens is 4. The summed E-state index contributed by atoms with van der Waals surface area (Å²) < 4.78 is 3.35. The van der Waals surface area contributed by atoms with Crippen molar-refractivity contribution in [2.24, 2.45) is 0 Å². The van der Waals surface area contributed by atoms with Gasteiger partial charge in [0.2, 0.25) is 0 Å². The molecule has 0 saturated carbocycles. The molecule has 0 spiro atoms. The Labute approximate surface area is 180 Å². The first-order valence-corrected chi connectivity index (χ1v) is 10.7. The number of nitrogens with zero attached hydrogens (tertiary/aromatic N) is 3. The van der Waals surface area contributed by atoms with E-state index in [2.05, 4.69) is 23.0 Å². The van der Waals surface area contributed by atoms with Crippen molar-refractivity contribution in [1.29, 1.82) is 0 Å². The Kier molecular flexibility index (Phi) is 5.43. The molecule has 3 aromatic heterocycles. The van der Waals surface area contributed by atoms with Crippen LogP contribution < -0.4 is 5.69 Å². The lowest BCUT2D eigenvalue weighted by atomic mass is 10.0. The average Bonchev–Trinajstić information content (AvgIpc) is 3.26. The minimum atomic E-state index is -0.917. The van der Waals surface area contributed by atoms with Gasteiger partial charge < -0.3 is 10.1 Å². The van der Waals surface area contributed by atoms with Gasteiger partial charge in [-0.1, -0.05) is 25.5 Å². The molecule has 0 bridgehead atoms. The number of aliphatic carboxylic acids is 1. The van der Waals surface area contributed by atoms with E-state index in [1.165, 1.54) is 0 Å². The molecule has 7 nitrogen and oxygen atoms in total. The topological polar surface area (TPSA) is 92.9 Å². The molecule has 3 heterocycles. The summed E-state index contributed by atoms with van der Waals surface area (Å²) in [6, 6.07) is 9.22. The highest BCUT2D eigenvalue weighted by atomic mass is 16.4. The summed E-state index contributed by atoms with van der Waals surface area (Å²) in [4.78, 5) is 33.2. The summed E-state index contributed by atoms with van der Waals surface area (Å²) in [5.74, 6) is -0.917. The third kappa shape index (κ3) is 3.54. The lowest BCUT2D eigenvalue weighted by molar-refractivity contribution is -0.137. The van der Waals surface area contributed by atoms with Crippen LogP contribution in [0.1, 0.15) is 62.0 Å². The molecule has 7 heteroatoms. The highest BCUT2D eigenvalue weighted by Gasteiger charge is 2.26. The van der Waals surface area contributed by atoms with Crippen molar-refractivity contribution in [3.05, 3.63) is 63.8 Å². The van der Waals surface area contributed by atoms with E-state index in [1.807, 2.05) is 51.2 Å². The molecule has 0 aliphatic rings. The highest BCUT2D eigenvalue weighted by Crippen LogP contribution is 2.31. The van der Waals surface area contributed by atoms with Crippen molar-refractivity contribution in [3.8, 4) is 0 Å². The van der Waals surface area contributed by atoms with Crippen LogP contribution in [0.3, 0.4) is 0 Å². The maximum atomic E-state index is 13.7. The fourth-order valence-corrected chi connectivity index (χ4v) is 4.64. The van der Waals surface area contributed by atoms with Crippen LogP contribution in [-0.2, 0) is 4.79 Å². The van der Waals surface area contributed by atoms with Gasteiger partial charge in [-0.15, -0.1) is 0 Å². The number of hydrogen-bond acceptors (Lipinski definition) is 3. The van der Waals surface area contributed by atoms with Crippen LogP contribution in [-0.4, -0.2) is 30.2 Å². The van der Waals surface area contributed by atoms with Crippen molar-refractivity contribution in [2.75, 3.05) is 0 Å². The van der Waals surface area contributed by atoms with Crippen molar-refractivity contribution >= 4 is 28.0 Å². The standard InChI is InChI=1S/C24H28N4O3/c1-5-7-17(12-21(29)30)28-23-20(11-10-15(3)26-23)27(24(28)31)16(4)18-13-25-19-9-6-8-14(2)22(18)19/h6,8-11,13,16-17,25H,5,7,12H2,1-4H3,(H,29,30).